The van der Waals surface area contributed by atoms with Gasteiger partial charge in [0, 0.05) is 22.3 Å². The minimum absolute atomic E-state index is 0.252. The molecule has 0 amide bonds. The molecule has 1 aliphatic rings. The van der Waals surface area contributed by atoms with Crippen molar-refractivity contribution in [2.75, 3.05) is 4.72 Å². The number of nitrogens with one attached hydrogen (secondary N) is 1. The Morgan fingerprint density at radius 2 is 1.76 bits per heavy atom. The average Bonchev–Trinajstić information content (AvgIpc) is 3.17. The van der Waals surface area contributed by atoms with Crippen molar-refractivity contribution in [1.29, 1.82) is 0 Å². The van der Waals surface area contributed by atoms with Crippen LogP contribution in [-0.2, 0) is 15.4 Å². The second-order valence-electron chi connectivity index (χ2n) is 7.62. The fourth-order valence-corrected chi connectivity index (χ4v) is 4.71. The molecule has 1 fully saturated rings. The maximum Gasteiger partial charge on any atom is 0.265 e. The van der Waals surface area contributed by atoms with Crippen LogP contribution in [-0.4, -0.2) is 18.2 Å². The SMILES string of the molecule is CC(C)(C)c1nn(C2CCCC2)cc1S(=O)(=O)Nc1ccc(Cl)cc1. The van der Waals surface area contributed by atoms with Crippen LogP contribution in [0.15, 0.2) is 35.4 Å². The van der Waals surface area contributed by atoms with Crippen molar-refractivity contribution in [3.63, 3.8) is 0 Å². The second-order valence-corrected chi connectivity index (χ2v) is 9.71. The van der Waals surface area contributed by atoms with Gasteiger partial charge in [-0.1, -0.05) is 45.2 Å². The first-order valence-corrected chi connectivity index (χ1v) is 10.4. The molecule has 0 unspecified atom stereocenters. The van der Waals surface area contributed by atoms with Gasteiger partial charge in [-0.2, -0.15) is 5.10 Å². The monoisotopic (exact) mass is 381 g/mol. The highest BCUT2D eigenvalue weighted by Crippen LogP contribution is 2.34. The smallest absolute Gasteiger partial charge is 0.265 e. The van der Waals surface area contributed by atoms with Crippen molar-refractivity contribution in [3.8, 4) is 0 Å². The molecule has 0 radical (unpaired) electrons. The molecule has 1 N–H and O–H groups in total. The Labute approximate surface area is 154 Å². The minimum Gasteiger partial charge on any atom is -0.280 e. The van der Waals surface area contributed by atoms with Crippen molar-refractivity contribution >= 4 is 27.3 Å². The number of rotatable bonds is 4. The second kappa shape index (κ2) is 6.65. The molecule has 0 aliphatic heterocycles. The summed E-state index contributed by atoms with van der Waals surface area (Å²) < 4.78 is 30.5. The van der Waals surface area contributed by atoms with Crippen LogP contribution in [0.25, 0.3) is 0 Å². The molecule has 25 heavy (non-hydrogen) atoms. The highest BCUT2D eigenvalue weighted by Gasteiger charge is 2.32. The van der Waals surface area contributed by atoms with Gasteiger partial charge >= 0.3 is 0 Å². The maximum atomic E-state index is 13.0. The Morgan fingerprint density at radius 1 is 1.16 bits per heavy atom. The molecule has 3 rings (SSSR count). The summed E-state index contributed by atoms with van der Waals surface area (Å²) in [6, 6.07) is 6.91. The fourth-order valence-electron chi connectivity index (χ4n) is 3.18. The van der Waals surface area contributed by atoms with E-state index in [9.17, 15) is 8.42 Å². The Bertz CT molecular complexity index is 845. The van der Waals surface area contributed by atoms with Crippen LogP contribution in [0.5, 0.6) is 0 Å². The van der Waals surface area contributed by atoms with Crippen LogP contribution in [0.3, 0.4) is 0 Å². The highest BCUT2D eigenvalue weighted by molar-refractivity contribution is 7.92. The summed E-state index contributed by atoms with van der Waals surface area (Å²) in [5, 5.41) is 5.22. The van der Waals surface area contributed by atoms with Gasteiger partial charge in [-0.05, 0) is 37.1 Å². The van der Waals surface area contributed by atoms with E-state index >= 15 is 0 Å². The highest BCUT2D eigenvalue weighted by atomic mass is 35.5. The zero-order valence-electron chi connectivity index (χ0n) is 14.8. The molecule has 1 aromatic heterocycles. The third-order valence-corrected chi connectivity index (χ3v) is 6.13. The normalized spacial score (nSPS) is 16.3. The predicted octanol–water partition coefficient (Wildman–Crippen LogP) is 4.75. The molecule has 0 spiro atoms. The Hall–Kier alpha value is -1.53. The van der Waals surface area contributed by atoms with E-state index in [0.29, 0.717) is 22.4 Å². The lowest BCUT2D eigenvalue weighted by molar-refractivity contribution is 0.448. The topological polar surface area (TPSA) is 64.0 Å². The molecule has 7 heteroatoms. The zero-order valence-corrected chi connectivity index (χ0v) is 16.4. The molecule has 1 aliphatic carbocycles. The summed E-state index contributed by atoms with van der Waals surface area (Å²) in [6.07, 6.45) is 6.13. The van der Waals surface area contributed by atoms with E-state index in [1.165, 1.54) is 12.8 Å². The Balaban J connectivity index is 1.99. The summed E-state index contributed by atoms with van der Waals surface area (Å²) in [6.45, 7) is 5.95. The van der Waals surface area contributed by atoms with Gasteiger partial charge in [0.05, 0.1) is 11.7 Å². The molecule has 0 bridgehead atoms. The Morgan fingerprint density at radius 3 is 2.32 bits per heavy atom. The molecular weight excluding hydrogens is 358 g/mol. The number of sulfonamides is 1. The lowest BCUT2D eigenvalue weighted by Crippen LogP contribution is -2.20. The van der Waals surface area contributed by atoms with Gasteiger partial charge in [0.2, 0.25) is 0 Å². The summed E-state index contributed by atoms with van der Waals surface area (Å²) >= 11 is 5.87. The van der Waals surface area contributed by atoms with Crippen molar-refractivity contribution < 1.29 is 8.42 Å². The molecule has 1 heterocycles. The number of hydrogen-bond donors (Lipinski definition) is 1. The molecule has 0 atom stereocenters. The summed E-state index contributed by atoms with van der Waals surface area (Å²) in [5.74, 6) is 0. The van der Waals surface area contributed by atoms with Gasteiger partial charge < -0.3 is 0 Å². The maximum absolute atomic E-state index is 13.0. The molecule has 136 valence electrons. The first kappa shape index (κ1) is 18.3. The Kier molecular flexibility index (Phi) is 4.86. The predicted molar refractivity (Wildman–Crippen MR) is 101 cm³/mol. The van der Waals surface area contributed by atoms with Gasteiger partial charge in [-0.25, -0.2) is 8.42 Å². The molecule has 1 aromatic carbocycles. The number of halogens is 1. The van der Waals surface area contributed by atoms with E-state index < -0.39 is 10.0 Å². The summed E-state index contributed by atoms with van der Waals surface area (Å²) in [5.41, 5.74) is 0.715. The van der Waals surface area contributed by atoms with E-state index in [4.69, 9.17) is 11.6 Å². The van der Waals surface area contributed by atoms with E-state index in [2.05, 4.69) is 9.82 Å². The molecule has 1 saturated carbocycles. The first-order valence-electron chi connectivity index (χ1n) is 8.55. The average molecular weight is 382 g/mol. The molecule has 5 nitrogen and oxygen atoms in total. The van der Waals surface area contributed by atoms with Crippen molar-refractivity contribution in [2.24, 2.45) is 0 Å². The lowest BCUT2D eigenvalue weighted by Gasteiger charge is -2.18. The third-order valence-electron chi connectivity index (χ3n) is 4.49. The van der Waals surface area contributed by atoms with Crippen molar-refractivity contribution in [1.82, 2.24) is 9.78 Å². The van der Waals surface area contributed by atoms with Gasteiger partial charge in [0.25, 0.3) is 10.0 Å². The quantitative estimate of drug-likeness (QED) is 0.831. The van der Waals surface area contributed by atoms with E-state index in [1.54, 1.807) is 30.5 Å². The largest absolute Gasteiger partial charge is 0.280 e. The van der Waals surface area contributed by atoms with Crippen LogP contribution in [0, 0.1) is 0 Å². The lowest BCUT2D eigenvalue weighted by atomic mass is 9.92. The minimum atomic E-state index is -3.73. The number of aromatic nitrogens is 2. The van der Waals surface area contributed by atoms with Gasteiger partial charge in [-0.15, -0.1) is 0 Å². The van der Waals surface area contributed by atoms with E-state index in [0.717, 1.165) is 12.8 Å². The molecule has 2 aromatic rings. The number of nitrogens with zero attached hydrogens (tertiary/aromatic N) is 2. The van der Waals surface area contributed by atoms with Crippen LogP contribution in [0.1, 0.15) is 58.2 Å². The van der Waals surface area contributed by atoms with E-state index in [1.807, 2.05) is 25.5 Å². The fraction of sp³-hybridized carbons (Fsp3) is 0.500. The number of anilines is 1. The number of hydrogen-bond acceptors (Lipinski definition) is 3. The van der Waals surface area contributed by atoms with Gasteiger partial charge in [0.1, 0.15) is 4.90 Å². The van der Waals surface area contributed by atoms with Crippen LogP contribution >= 0.6 is 11.6 Å². The van der Waals surface area contributed by atoms with Gasteiger partial charge in [-0.3, -0.25) is 9.40 Å². The molecular formula is C18H24ClN3O2S. The summed E-state index contributed by atoms with van der Waals surface area (Å²) in [4.78, 5) is 0.252. The number of benzene rings is 1. The zero-order chi connectivity index (χ0) is 18.2. The van der Waals surface area contributed by atoms with Crippen LogP contribution in [0.4, 0.5) is 5.69 Å². The first-order chi connectivity index (χ1) is 11.7. The third kappa shape index (κ3) is 4.01. The molecule has 0 saturated heterocycles. The van der Waals surface area contributed by atoms with Gasteiger partial charge in [0.15, 0.2) is 0 Å². The van der Waals surface area contributed by atoms with Crippen molar-refractivity contribution in [2.45, 2.75) is 62.8 Å². The summed E-state index contributed by atoms with van der Waals surface area (Å²) in [7, 11) is -3.73. The van der Waals surface area contributed by atoms with Crippen molar-refractivity contribution in [3.05, 3.63) is 41.2 Å². The standard InChI is InChI=1S/C18H24ClN3O2S/c1-18(2,3)17-16(12-22(20-17)15-6-4-5-7-15)25(23,24)21-14-10-8-13(19)9-11-14/h8-12,15,21H,4-7H2,1-3H3. The van der Waals surface area contributed by atoms with Crippen LogP contribution < -0.4 is 4.72 Å². The van der Waals surface area contributed by atoms with Crippen LogP contribution in [0.2, 0.25) is 5.02 Å². The van der Waals surface area contributed by atoms with E-state index in [-0.39, 0.29) is 10.3 Å².